The first-order valence-corrected chi connectivity index (χ1v) is 8.78. The van der Waals surface area contributed by atoms with Crippen LogP contribution in [-0.4, -0.2) is 12.5 Å². The van der Waals surface area contributed by atoms with E-state index in [1.165, 1.54) is 0 Å². The summed E-state index contributed by atoms with van der Waals surface area (Å²) in [5.74, 6) is 0.723. The zero-order valence-electron chi connectivity index (χ0n) is 14.3. The average Bonchev–Trinajstić information content (AvgIpc) is 3.04. The van der Waals surface area contributed by atoms with Gasteiger partial charge in [0.05, 0.1) is 6.04 Å². The summed E-state index contributed by atoms with van der Waals surface area (Å²) >= 11 is 6.20. The minimum atomic E-state index is -0.177. The van der Waals surface area contributed by atoms with Gasteiger partial charge in [-0.25, -0.2) is 0 Å². The molecule has 3 N–H and O–H groups in total. The monoisotopic (exact) mass is 357 g/mol. The molecule has 0 aliphatic rings. The minimum absolute atomic E-state index is 0.0353. The van der Waals surface area contributed by atoms with Crippen LogP contribution >= 0.6 is 11.6 Å². The van der Waals surface area contributed by atoms with Gasteiger partial charge in [-0.3, -0.25) is 4.79 Å². The van der Waals surface area contributed by atoms with Gasteiger partial charge in [0, 0.05) is 16.0 Å². The molecule has 0 radical (unpaired) electrons. The molecule has 0 fully saturated rings. The molecule has 2 aromatic carbocycles. The van der Waals surface area contributed by atoms with Gasteiger partial charge in [0.15, 0.2) is 6.54 Å². The predicted octanol–water partition coefficient (Wildman–Crippen LogP) is 3.59. The van der Waals surface area contributed by atoms with E-state index >= 15 is 0 Å². The standard InChI is InChI=1S/C20H21ClN2O2/c1-13(16-8-4-5-9-17(16)21)22-12-20(24)23-14(2)19-11-15-7-3-6-10-18(15)25-19/h3-11,13-14,22H,12H2,1-2H3,(H,23,24)/p+1/t13-,14+/m1/s1. The minimum Gasteiger partial charge on any atom is -0.459 e. The third-order valence-electron chi connectivity index (χ3n) is 4.30. The third-order valence-corrected chi connectivity index (χ3v) is 4.65. The lowest BCUT2D eigenvalue weighted by molar-refractivity contribution is -0.682. The number of rotatable bonds is 6. The maximum atomic E-state index is 12.2. The highest BCUT2D eigenvalue weighted by Crippen LogP contribution is 2.23. The zero-order chi connectivity index (χ0) is 17.8. The summed E-state index contributed by atoms with van der Waals surface area (Å²) in [5.41, 5.74) is 1.86. The summed E-state index contributed by atoms with van der Waals surface area (Å²) in [6.45, 7) is 4.29. The van der Waals surface area contributed by atoms with Crippen molar-refractivity contribution in [2.75, 3.05) is 6.54 Å². The highest BCUT2D eigenvalue weighted by Gasteiger charge is 2.17. The van der Waals surface area contributed by atoms with Crippen molar-refractivity contribution in [3.63, 3.8) is 0 Å². The van der Waals surface area contributed by atoms with Gasteiger partial charge in [0.25, 0.3) is 5.91 Å². The maximum absolute atomic E-state index is 12.2. The summed E-state index contributed by atoms with van der Waals surface area (Å²) in [7, 11) is 0. The Morgan fingerprint density at radius 3 is 2.64 bits per heavy atom. The first-order valence-electron chi connectivity index (χ1n) is 8.40. The number of hydrogen-bond acceptors (Lipinski definition) is 2. The number of quaternary nitrogens is 1. The van der Waals surface area contributed by atoms with Crippen molar-refractivity contribution in [1.82, 2.24) is 5.32 Å². The molecule has 25 heavy (non-hydrogen) atoms. The summed E-state index contributed by atoms with van der Waals surface area (Å²) in [4.78, 5) is 12.2. The number of carbonyl (C=O) groups is 1. The van der Waals surface area contributed by atoms with Crippen LogP contribution in [0.15, 0.2) is 59.0 Å². The van der Waals surface area contributed by atoms with Crippen LogP contribution in [0.5, 0.6) is 0 Å². The van der Waals surface area contributed by atoms with Gasteiger partial charge < -0.3 is 15.1 Å². The van der Waals surface area contributed by atoms with Crippen molar-refractivity contribution in [2.45, 2.75) is 25.9 Å². The summed E-state index contributed by atoms with van der Waals surface area (Å²) in [5, 5.41) is 6.72. The lowest BCUT2D eigenvalue weighted by atomic mass is 10.1. The average molecular weight is 358 g/mol. The molecule has 0 aliphatic carbocycles. The predicted molar refractivity (Wildman–Crippen MR) is 99.4 cm³/mol. The highest BCUT2D eigenvalue weighted by atomic mass is 35.5. The van der Waals surface area contributed by atoms with Crippen molar-refractivity contribution < 1.29 is 14.5 Å². The Morgan fingerprint density at radius 1 is 1.16 bits per heavy atom. The van der Waals surface area contributed by atoms with E-state index in [0.717, 1.165) is 27.3 Å². The van der Waals surface area contributed by atoms with Gasteiger partial charge in [-0.05, 0) is 32.0 Å². The quantitative estimate of drug-likeness (QED) is 0.708. The second-order valence-electron chi connectivity index (χ2n) is 6.23. The highest BCUT2D eigenvalue weighted by molar-refractivity contribution is 6.31. The number of hydrogen-bond donors (Lipinski definition) is 2. The molecular weight excluding hydrogens is 336 g/mol. The molecule has 0 bridgehead atoms. The number of halogens is 1. The fraction of sp³-hybridized carbons (Fsp3) is 0.250. The SMILES string of the molecule is C[C@H](NC(=O)C[NH2+][C@H](C)c1ccccc1Cl)c1cc2ccccc2o1. The second-order valence-corrected chi connectivity index (χ2v) is 6.63. The van der Waals surface area contributed by atoms with Gasteiger partial charge in [0.2, 0.25) is 0 Å². The number of nitrogens with two attached hydrogens (primary N) is 1. The van der Waals surface area contributed by atoms with Crippen molar-refractivity contribution >= 4 is 28.5 Å². The molecule has 1 aromatic heterocycles. The molecule has 0 saturated carbocycles. The van der Waals surface area contributed by atoms with Gasteiger partial charge in [-0.15, -0.1) is 0 Å². The molecule has 130 valence electrons. The number of nitrogens with one attached hydrogen (secondary N) is 1. The van der Waals surface area contributed by atoms with Crippen LogP contribution in [0.2, 0.25) is 5.02 Å². The number of para-hydroxylation sites is 1. The topological polar surface area (TPSA) is 58.9 Å². The van der Waals surface area contributed by atoms with Gasteiger partial charge in [0.1, 0.15) is 17.4 Å². The molecule has 0 saturated heterocycles. The molecular formula is C20H22ClN2O2+. The lowest BCUT2D eigenvalue weighted by Crippen LogP contribution is -2.87. The molecule has 5 heteroatoms. The van der Waals surface area contributed by atoms with E-state index < -0.39 is 0 Å². The molecule has 4 nitrogen and oxygen atoms in total. The van der Waals surface area contributed by atoms with E-state index in [-0.39, 0.29) is 18.0 Å². The molecule has 0 unspecified atom stereocenters. The first-order chi connectivity index (χ1) is 12.0. The Bertz CT molecular complexity index is 842. The number of amides is 1. The molecule has 0 spiro atoms. The Kier molecular flexibility index (Phi) is 5.41. The van der Waals surface area contributed by atoms with Crippen LogP contribution < -0.4 is 10.6 Å². The largest absolute Gasteiger partial charge is 0.459 e. The molecule has 1 heterocycles. The molecule has 3 rings (SSSR count). The summed E-state index contributed by atoms with van der Waals surface area (Å²) in [6, 6.07) is 17.4. The van der Waals surface area contributed by atoms with Crippen LogP contribution in [0, 0.1) is 0 Å². The van der Waals surface area contributed by atoms with E-state index in [0.29, 0.717) is 6.54 Å². The van der Waals surface area contributed by atoms with E-state index in [1.807, 2.05) is 73.8 Å². The Hall–Kier alpha value is -2.30. The number of benzene rings is 2. The maximum Gasteiger partial charge on any atom is 0.275 e. The Morgan fingerprint density at radius 2 is 1.88 bits per heavy atom. The van der Waals surface area contributed by atoms with Gasteiger partial charge in [-0.2, -0.15) is 0 Å². The van der Waals surface area contributed by atoms with Crippen molar-refractivity contribution in [3.05, 3.63) is 70.9 Å². The van der Waals surface area contributed by atoms with Crippen molar-refractivity contribution in [2.24, 2.45) is 0 Å². The van der Waals surface area contributed by atoms with Crippen LogP contribution in [-0.2, 0) is 4.79 Å². The van der Waals surface area contributed by atoms with E-state index in [2.05, 4.69) is 5.32 Å². The Labute approximate surface area is 152 Å². The molecule has 1 amide bonds. The fourth-order valence-electron chi connectivity index (χ4n) is 2.84. The third kappa shape index (κ3) is 4.21. The number of fused-ring (bicyclic) bond motifs is 1. The van der Waals surface area contributed by atoms with Crippen molar-refractivity contribution in [1.29, 1.82) is 0 Å². The fourth-order valence-corrected chi connectivity index (χ4v) is 3.15. The van der Waals surface area contributed by atoms with Crippen LogP contribution in [0.4, 0.5) is 0 Å². The summed E-state index contributed by atoms with van der Waals surface area (Å²) in [6.07, 6.45) is 0. The van der Waals surface area contributed by atoms with E-state index in [1.54, 1.807) is 0 Å². The van der Waals surface area contributed by atoms with Gasteiger partial charge in [-0.1, -0.05) is 48.0 Å². The molecule has 2 atom stereocenters. The van der Waals surface area contributed by atoms with Crippen LogP contribution in [0.1, 0.15) is 37.3 Å². The number of carbonyl (C=O) groups excluding carboxylic acids is 1. The first kappa shape index (κ1) is 17.5. The summed E-state index contributed by atoms with van der Waals surface area (Å²) < 4.78 is 5.80. The smallest absolute Gasteiger partial charge is 0.275 e. The van der Waals surface area contributed by atoms with Crippen LogP contribution in [0.3, 0.4) is 0 Å². The zero-order valence-corrected chi connectivity index (χ0v) is 15.1. The lowest BCUT2D eigenvalue weighted by Gasteiger charge is -2.14. The van der Waals surface area contributed by atoms with Crippen molar-refractivity contribution in [3.8, 4) is 0 Å². The number of furan rings is 1. The normalized spacial score (nSPS) is 13.6. The molecule has 0 aliphatic heterocycles. The Balaban J connectivity index is 1.56. The second kappa shape index (κ2) is 7.72. The van der Waals surface area contributed by atoms with Crippen LogP contribution in [0.25, 0.3) is 11.0 Å². The van der Waals surface area contributed by atoms with E-state index in [4.69, 9.17) is 16.0 Å². The van der Waals surface area contributed by atoms with Gasteiger partial charge >= 0.3 is 0 Å². The van der Waals surface area contributed by atoms with E-state index in [9.17, 15) is 4.79 Å². The molecule has 3 aromatic rings.